The van der Waals surface area contributed by atoms with Crippen LogP contribution >= 0.6 is 0 Å². The van der Waals surface area contributed by atoms with Crippen molar-refractivity contribution >= 4 is 11.8 Å². The summed E-state index contributed by atoms with van der Waals surface area (Å²) >= 11 is 0. The number of rotatable bonds is 3. The second-order valence-electron chi connectivity index (χ2n) is 6.24. The van der Waals surface area contributed by atoms with Crippen molar-refractivity contribution in [2.75, 3.05) is 13.1 Å². The number of fused-ring (bicyclic) bond motifs is 1. The van der Waals surface area contributed by atoms with E-state index in [0.29, 0.717) is 18.9 Å². The van der Waals surface area contributed by atoms with E-state index in [1.165, 1.54) is 12.8 Å². The summed E-state index contributed by atoms with van der Waals surface area (Å²) in [6, 6.07) is 0.142. The van der Waals surface area contributed by atoms with Crippen molar-refractivity contribution in [3.63, 3.8) is 0 Å². The average molecular weight is 279 g/mol. The summed E-state index contributed by atoms with van der Waals surface area (Å²) < 4.78 is 0. The predicted molar refractivity (Wildman–Crippen MR) is 76.1 cm³/mol. The SMILES string of the molecule is CCC1NC(=O)C(CC)N(C2CCN3CCCC23)C1=O. The van der Waals surface area contributed by atoms with Gasteiger partial charge >= 0.3 is 0 Å². The van der Waals surface area contributed by atoms with Gasteiger partial charge in [-0.05, 0) is 38.6 Å². The molecule has 112 valence electrons. The van der Waals surface area contributed by atoms with Crippen molar-refractivity contribution in [1.29, 1.82) is 0 Å². The molecule has 4 atom stereocenters. The normalized spacial score (nSPS) is 38.2. The van der Waals surface area contributed by atoms with Crippen LogP contribution in [0.3, 0.4) is 0 Å². The van der Waals surface area contributed by atoms with Crippen molar-refractivity contribution in [3.8, 4) is 0 Å². The number of hydrogen-bond acceptors (Lipinski definition) is 3. The van der Waals surface area contributed by atoms with E-state index < -0.39 is 0 Å². The van der Waals surface area contributed by atoms with Crippen LogP contribution in [0.4, 0.5) is 0 Å². The summed E-state index contributed by atoms with van der Waals surface area (Å²) in [5.41, 5.74) is 0. The van der Waals surface area contributed by atoms with Crippen molar-refractivity contribution in [2.45, 2.75) is 70.1 Å². The highest BCUT2D eigenvalue weighted by atomic mass is 16.2. The Labute approximate surface area is 120 Å². The topological polar surface area (TPSA) is 52.7 Å². The minimum atomic E-state index is -0.319. The van der Waals surface area contributed by atoms with Crippen LogP contribution in [0.2, 0.25) is 0 Å². The van der Waals surface area contributed by atoms with Crippen LogP contribution in [0.15, 0.2) is 0 Å². The molecule has 0 bridgehead atoms. The first-order valence-electron chi connectivity index (χ1n) is 8.04. The van der Waals surface area contributed by atoms with Gasteiger partial charge in [0, 0.05) is 18.6 Å². The first kappa shape index (κ1) is 13.9. The Morgan fingerprint density at radius 2 is 1.90 bits per heavy atom. The zero-order valence-corrected chi connectivity index (χ0v) is 12.5. The molecular formula is C15H25N3O2. The molecule has 0 saturated carbocycles. The quantitative estimate of drug-likeness (QED) is 0.829. The zero-order valence-electron chi connectivity index (χ0n) is 12.5. The fraction of sp³-hybridized carbons (Fsp3) is 0.867. The third-order valence-electron chi connectivity index (χ3n) is 5.23. The molecule has 5 nitrogen and oxygen atoms in total. The third kappa shape index (κ3) is 2.03. The maximum Gasteiger partial charge on any atom is 0.246 e. The Bertz CT molecular complexity index is 412. The molecule has 2 amide bonds. The van der Waals surface area contributed by atoms with E-state index >= 15 is 0 Å². The fourth-order valence-corrected chi connectivity index (χ4v) is 4.22. The molecule has 3 aliphatic rings. The highest BCUT2D eigenvalue weighted by Crippen LogP contribution is 2.34. The summed E-state index contributed by atoms with van der Waals surface area (Å²) in [5.74, 6) is 0.174. The van der Waals surface area contributed by atoms with E-state index in [9.17, 15) is 9.59 Å². The van der Waals surface area contributed by atoms with Gasteiger partial charge in [0.25, 0.3) is 0 Å². The molecule has 3 rings (SSSR count). The molecule has 1 N–H and O–H groups in total. The van der Waals surface area contributed by atoms with Gasteiger partial charge in [-0.2, -0.15) is 0 Å². The lowest BCUT2D eigenvalue weighted by Crippen LogP contribution is -2.66. The van der Waals surface area contributed by atoms with Crippen LogP contribution < -0.4 is 5.32 Å². The zero-order chi connectivity index (χ0) is 14.3. The number of hydrogen-bond donors (Lipinski definition) is 1. The van der Waals surface area contributed by atoms with Gasteiger partial charge in [0.1, 0.15) is 12.1 Å². The minimum Gasteiger partial charge on any atom is -0.343 e. The van der Waals surface area contributed by atoms with Gasteiger partial charge in [0.05, 0.1) is 0 Å². The number of nitrogens with one attached hydrogen (secondary N) is 1. The molecule has 3 aliphatic heterocycles. The van der Waals surface area contributed by atoms with E-state index in [4.69, 9.17) is 0 Å². The second kappa shape index (κ2) is 5.35. The van der Waals surface area contributed by atoms with Crippen molar-refractivity contribution in [3.05, 3.63) is 0 Å². The summed E-state index contributed by atoms with van der Waals surface area (Å²) in [7, 11) is 0. The lowest BCUT2D eigenvalue weighted by atomic mass is 9.96. The lowest BCUT2D eigenvalue weighted by molar-refractivity contribution is -0.152. The molecule has 20 heavy (non-hydrogen) atoms. The molecule has 0 aromatic carbocycles. The molecule has 0 radical (unpaired) electrons. The van der Waals surface area contributed by atoms with Gasteiger partial charge in [-0.1, -0.05) is 13.8 Å². The van der Waals surface area contributed by atoms with Gasteiger partial charge < -0.3 is 10.2 Å². The molecule has 0 aromatic rings. The van der Waals surface area contributed by atoms with Crippen LogP contribution in [0.25, 0.3) is 0 Å². The standard InChI is InChI=1S/C15H25N3O2/c1-3-10-15(20)18(11(4-2)14(19)16-10)13-7-9-17-8-5-6-12(13)17/h10-13H,3-9H2,1-2H3,(H,16,19). The molecular weight excluding hydrogens is 254 g/mol. The Morgan fingerprint density at radius 3 is 2.60 bits per heavy atom. The number of nitrogens with zero attached hydrogens (tertiary/aromatic N) is 2. The summed E-state index contributed by atoms with van der Waals surface area (Å²) in [6.45, 7) is 6.19. The molecule has 5 heteroatoms. The fourth-order valence-electron chi connectivity index (χ4n) is 4.22. The predicted octanol–water partition coefficient (Wildman–Crippen LogP) is 0.739. The highest BCUT2D eigenvalue weighted by molar-refractivity contribution is 5.97. The number of carbonyl (C=O) groups excluding carboxylic acids is 2. The maximum atomic E-state index is 12.7. The van der Waals surface area contributed by atoms with Crippen LogP contribution in [0, 0.1) is 0 Å². The number of piperazine rings is 1. The van der Waals surface area contributed by atoms with Crippen LogP contribution in [-0.4, -0.2) is 58.9 Å². The Hall–Kier alpha value is -1.10. The third-order valence-corrected chi connectivity index (χ3v) is 5.23. The van der Waals surface area contributed by atoms with E-state index in [1.54, 1.807) is 0 Å². The van der Waals surface area contributed by atoms with E-state index in [0.717, 1.165) is 19.5 Å². The average Bonchev–Trinajstić information content (AvgIpc) is 3.03. The summed E-state index contributed by atoms with van der Waals surface area (Å²) in [6.07, 6.45) is 4.80. The molecule has 0 aliphatic carbocycles. The van der Waals surface area contributed by atoms with Crippen molar-refractivity contribution < 1.29 is 9.59 Å². The Kier molecular flexibility index (Phi) is 3.71. The molecule has 0 aromatic heterocycles. The second-order valence-corrected chi connectivity index (χ2v) is 6.24. The minimum absolute atomic E-state index is 0.0374. The van der Waals surface area contributed by atoms with Gasteiger partial charge in [0.15, 0.2) is 0 Å². The first-order chi connectivity index (χ1) is 9.67. The highest BCUT2D eigenvalue weighted by Gasteiger charge is 2.48. The van der Waals surface area contributed by atoms with Crippen LogP contribution in [0.5, 0.6) is 0 Å². The van der Waals surface area contributed by atoms with Gasteiger partial charge in [0.2, 0.25) is 11.8 Å². The van der Waals surface area contributed by atoms with Crippen molar-refractivity contribution in [2.24, 2.45) is 0 Å². The van der Waals surface area contributed by atoms with E-state index in [1.807, 2.05) is 18.7 Å². The largest absolute Gasteiger partial charge is 0.343 e. The molecule has 3 heterocycles. The molecule has 4 unspecified atom stereocenters. The van der Waals surface area contributed by atoms with Gasteiger partial charge in [-0.3, -0.25) is 14.5 Å². The first-order valence-corrected chi connectivity index (χ1v) is 8.04. The van der Waals surface area contributed by atoms with E-state index in [2.05, 4.69) is 10.2 Å². The summed E-state index contributed by atoms with van der Waals surface area (Å²) in [5, 5.41) is 2.89. The smallest absolute Gasteiger partial charge is 0.246 e. The number of amides is 2. The lowest BCUT2D eigenvalue weighted by Gasteiger charge is -2.43. The summed E-state index contributed by atoms with van der Waals surface area (Å²) in [4.78, 5) is 29.5. The monoisotopic (exact) mass is 279 g/mol. The Balaban J connectivity index is 1.87. The van der Waals surface area contributed by atoms with Gasteiger partial charge in [-0.25, -0.2) is 0 Å². The van der Waals surface area contributed by atoms with Crippen molar-refractivity contribution in [1.82, 2.24) is 15.1 Å². The molecule has 3 saturated heterocycles. The van der Waals surface area contributed by atoms with Gasteiger partial charge in [-0.15, -0.1) is 0 Å². The Morgan fingerprint density at radius 1 is 1.10 bits per heavy atom. The molecule has 0 spiro atoms. The molecule has 3 fully saturated rings. The van der Waals surface area contributed by atoms with E-state index in [-0.39, 0.29) is 29.9 Å². The van der Waals surface area contributed by atoms with Crippen LogP contribution in [0.1, 0.15) is 46.0 Å². The number of carbonyl (C=O) groups is 2. The van der Waals surface area contributed by atoms with Crippen LogP contribution in [-0.2, 0) is 9.59 Å². The maximum absolute atomic E-state index is 12.7.